The summed E-state index contributed by atoms with van der Waals surface area (Å²) in [5.41, 5.74) is 0.650. The van der Waals surface area contributed by atoms with Crippen molar-refractivity contribution in [3.63, 3.8) is 0 Å². The van der Waals surface area contributed by atoms with Crippen LogP contribution in [0.25, 0.3) is 0 Å². The molecule has 0 N–H and O–H groups in total. The van der Waals surface area contributed by atoms with Gasteiger partial charge in [-0.1, -0.05) is 18.2 Å². The number of hydrogen-bond acceptors (Lipinski definition) is 3. The van der Waals surface area contributed by atoms with E-state index in [1.54, 1.807) is 12.1 Å². The lowest BCUT2D eigenvalue weighted by Crippen LogP contribution is -2.13. The van der Waals surface area contributed by atoms with Gasteiger partial charge in [0.25, 0.3) is 0 Å². The predicted octanol–water partition coefficient (Wildman–Crippen LogP) is 1.10. The SMILES string of the molecule is O=NN([O][AlH2])c1ccccc1.[CH3-]. The summed E-state index contributed by atoms with van der Waals surface area (Å²) in [7, 11) is 0. The molecule has 0 aliphatic heterocycles. The van der Waals surface area contributed by atoms with Crippen molar-refractivity contribution in [2.75, 3.05) is 5.17 Å². The van der Waals surface area contributed by atoms with Crippen molar-refractivity contribution in [1.29, 1.82) is 0 Å². The number of para-hydroxylation sites is 1. The second-order valence-electron chi connectivity index (χ2n) is 1.87. The lowest BCUT2D eigenvalue weighted by molar-refractivity contribution is 0.311. The summed E-state index contributed by atoms with van der Waals surface area (Å²) in [4.78, 5) is 10.1. The molecule has 5 heteroatoms. The molecule has 0 heterocycles. The van der Waals surface area contributed by atoms with Gasteiger partial charge in [0.05, 0.1) is 11.0 Å². The van der Waals surface area contributed by atoms with Crippen LogP contribution in [0.3, 0.4) is 0 Å². The van der Waals surface area contributed by atoms with Gasteiger partial charge < -0.3 is 11.3 Å². The Kier molecular flexibility index (Phi) is 5.30. The average molecular weight is 181 g/mol. The van der Waals surface area contributed by atoms with Gasteiger partial charge in [0.1, 0.15) is 0 Å². The van der Waals surface area contributed by atoms with E-state index in [-0.39, 0.29) is 7.43 Å². The number of nitrogens with zero attached hydrogens (tertiary/aromatic N) is 2. The second kappa shape index (κ2) is 5.72. The smallest absolute Gasteiger partial charge is 0.393 e. The van der Waals surface area contributed by atoms with Gasteiger partial charge in [0.2, 0.25) is 0 Å². The fraction of sp³-hybridized carbons (Fsp3) is 0. The molecular formula is C7H10AlN2O2-. The van der Waals surface area contributed by atoms with Crippen LogP contribution >= 0.6 is 0 Å². The number of anilines is 1. The van der Waals surface area contributed by atoms with Crippen molar-refractivity contribution in [3.05, 3.63) is 42.7 Å². The van der Waals surface area contributed by atoms with Crippen LogP contribution in [-0.2, 0) is 3.89 Å². The Hall–Kier alpha value is -0.888. The van der Waals surface area contributed by atoms with Crippen LogP contribution in [0, 0.1) is 12.3 Å². The first-order chi connectivity index (χ1) is 5.38. The molecule has 0 atom stereocenters. The van der Waals surface area contributed by atoms with Gasteiger partial charge in [-0.25, -0.2) is 0 Å². The molecular weight excluding hydrogens is 171 g/mol. The minimum absolute atomic E-state index is 0. The van der Waals surface area contributed by atoms with Crippen LogP contribution in [0.5, 0.6) is 0 Å². The standard InChI is InChI=1S/C6H5N2O2.CH3.Al.2H/c9-7-8(10)6-4-2-1-3-5-6;;;;/h1-5H;1H3;;;/q2*-1;+1;;. The summed E-state index contributed by atoms with van der Waals surface area (Å²) in [6.07, 6.45) is 0. The van der Waals surface area contributed by atoms with Crippen molar-refractivity contribution in [2.45, 2.75) is 0 Å². The van der Waals surface area contributed by atoms with E-state index in [0.29, 0.717) is 22.3 Å². The molecule has 0 aliphatic carbocycles. The average Bonchev–Trinajstić information content (AvgIpc) is 2.09. The van der Waals surface area contributed by atoms with E-state index in [0.717, 1.165) is 5.17 Å². The molecule has 1 rings (SSSR count). The van der Waals surface area contributed by atoms with Crippen molar-refractivity contribution in [1.82, 2.24) is 0 Å². The maximum atomic E-state index is 10.1. The zero-order chi connectivity index (χ0) is 8.10. The predicted molar refractivity (Wildman–Crippen MR) is 50.8 cm³/mol. The molecule has 0 unspecified atom stereocenters. The van der Waals surface area contributed by atoms with Gasteiger partial charge in [-0.15, -0.1) is 10.1 Å². The lowest BCUT2D eigenvalue weighted by Gasteiger charge is -2.12. The Balaban J connectivity index is 0.00000121. The molecule has 0 aliphatic rings. The van der Waals surface area contributed by atoms with Crippen LogP contribution in [0.15, 0.2) is 35.6 Å². The van der Waals surface area contributed by atoms with Gasteiger partial charge in [0.15, 0.2) is 0 Å². The minimum atomic E-state index is 0. The first kappa shape index (κ1) is 11.1. The Morgan fingerprint density at radius 1 is 1.33 bits per heavy atom. The lowest BCUT2D eigenvalue weighted by atomic mass is 10.3. The largest absolute Gasteiger partial charge is 0.456 e. The summed E-state index contributed by atoms with van der Waals surface area (Å²) in [6, 6.07) is 8.99. The highest BCUT2D eigenvalue weighted by Gasteiger charge is 2.00. The minimum Gasteiger partial charge on any atom is -0.393 e. The van der Waals surface area contributed by atoms with Crippen molar-refractivity contribution in [2.24, 2.45) is 5.29 Å². The molecule has 0 aromatic heterocycles. The third-order valence-corrected chi connectivity index (χ3v) is 1.57. The van der Waals surface area contributed by atoms with Crippen LogP contribution in [0.2, 0.25) is 0 Å². The Morgan fingerprint density at radius 2 is 1.92 bits per heavy atom. The van der Waals surface area contributed by atoms with E-state index in [1.165, 1.54) is 0 Å². The van der Waals surface area contributed by atoms with E-state index in [4.69, 9.17) is 3.89 Å². The first-order valence-corrected chi connectivity index (χ1v) is 3.92. The molecule has 1 aromatic rings. The molecule has 0 radical (unpaired) electrons. The molecule has 0 amide bonds. The zero-order valence-electron chi connectivity index (χ0n) is 7.10. The molecule has 0 saturated carbocycles. The second-order valence-corrected chi connectivity index (χ2v) is 2.24. The summed E-state index contributed by atoms with van der Waals surface area (Å²) in [5.74, 6) is 0. The Bertz CT molecular complexity index is 230. The summed E-state index contributed by atoms with van der Waals surface area (Å²) >= 11 is 0.449. The highest BCUT2D eigenvalue weighted by atomic mass is 27.1. The fourth-order valence-electron chi connectivity index (χ4n) is 0.741. The Morgan fingerprint density at radius 3 is 2.33 bits per heavy atom. The molecule has 12 heavy (non-hydrogen) atoms. The first-order valence-electron chi connectivity index (χ1n) is 3.11. The van der Waals surface area contributed by atoms with Crippen molar-refractivity contribution >= 4 is 22.3 Å². The molecule has 0 spiro atoms. The highest BCUT2D eigenvalue weighted by molar-refractivity contribution is 5.98. The van der Waals surface area contributed by atoms with Crippen LogP contribution in [-0.4, -0.2) is 16.6 Å². The van der Waals surface area contributed by atoms with Gasteiger partial charge in [-0.05, 0) is 12.1 Å². The van der Waals surface area contributed by atoms with E-state index < -0.39 is 0 Å². The number of nitroso groups, excluding NO2 is 1. The fourth-order valence-corrected chi connectivity index (χ4v) is 1.02. The number of rotatable bonds is 3. The van der Waals surface area contributed by atoms with E-state index in [1.807, 2.05) is 18.2 Å². The highest BCUT2D eigenvalue weighted by Crippen LogP contribution is 2.12. The molecule has 64 valence electrons. The van der Waals surface area contributed by atoms with Crippen molar-refractivity contribution in [3.8, 4) is 0 Å². The van der Waals surface area contributed by atoms with Gasteiger partial charge in [0, 0.05) is 0 Å². The van der Waals surface area contributed by atoms with Gasteiger partial charge in [-0.2, -0.15) is 0 Å². The molecule has 0 saturated heterocycles. The maximum absolute atomic E-state index is 10.1. The van der Waals surface area contributed by atoms with Crippen molar-refractivity contribution < 1.29 is 3.89 Å². The number of hydrogen-bond donors (Lipinski definition) is 0. The third kappa shape index (κ3) is 2.63. The topological polar surface area (TPSA) is 41.9 Å². The van der Waals surface area contributed by atoms with Gasteiger partial charge in [-0.3, -0.25) is 0 Å². The van der Waals surface area contributed by atoms with Crippen LogP contribution < -0.4 is 5.17 Å². The third-order valence-electron chi connectivity index (χ3n) is 1.22. The molecule has 0 fully saturated rings. The normalized spacial score (nSPS) is 8.33. The number of benzene rings is 1. The quantitative estimate of drug-likeness (QED) is 0.303. The van der Waals surface area contributed by atoms with E-state index in [2.05, 4.69) is 5.29 Å². The monoisotopic (exact) mass is 181 g/mol. The van der Waals surface area contributed by atoms with Gasteiger partial charge >= 0.3 is 16.6 Å². The maximum Gasteiger partial charge on any atom is 0.456 e. The molecule has 4 nitrogen and oxygen atoms in total. The van der Waals surface area contributed by atoms with Crippen LogP contribution in [0.1, 0.15) is 0 Å². The summed E-state index contributed by atoms with van der Waals surface area (Å²) in [5, 5.41) is 3.64. The summed E-state index contributed by atoms with van der Waals surface area (Å²) < 4.78 is 4.78. The van der Waals surface area contributed by atoms with Crippen LogP contribution in [0.4, 0.5) is 5.69 Å². The van der Waals surface area contributed by atoms with E-state index >= 15 is 0 Å². The van der Waals surface area contributed by atoms with E-state index in [9.17, 15) is 4.91 Å². The zero-order valence-corrected chi connectivity index (χ0v) is 9.10. The molecule has 1 aromatic carbocycles. The summed E-state index contributed by atoms with van der Waals surface area (Å²) in [6.45, 7) is 0. The molecule has 0 bridgehead atoms. The Labute approximate surface area is 79.8 Å².